The molecule has 0 aliphatic rings. The van der Waals surface area contributed by atoms with Crippen LogP contribution in [-0.4, -0.2) is 43.6 Å². The maximum Gasteiger partial charge on any atom is 0.410 e. The molecule has 0 aromatic rings. The van der Waals surface area contributed by atoms with E-state index in [2.05, 4.69) is 5.32 Å². The van der Waals surface area contributed by atoms with Gasteiger partial charge in [0, 0.05) is 21.7 Å². The van der Waals surface area contributed by atoms with Gasteiger partial charge in [0.1, 0.15) is 5.60 Å². The van der Waals surface area contributed by atoms with E-state index in [1.807, 2.05) is 0 Å². The lowest BCUT2D eigenvalue weighted by molar-refractivity contribution is 0.0297. The highest BCUT2D eigenvalue weighted by molar-refractivity contribution is 5.67. The summed E-state index contributed by atoms with van der Waals surface area (Å²) in [4.78, 5) is 12.4. The summed E-state index contributed by atoms with van der Waals surface area (Å²) in [5.41, 5.74) is -0.794. The molecule has 4 heteroatoms. The van der Waals surface area contributed by atoms with Crippen LogP contribution in [-0.2, 0) is 4.74 Å². The third kappa shape index (κ3) is 6.71. The van der Waals surface area contributed by atoms with Gasteiger partial charge in [-0.15, -0.1) is 0 Å². The van der Waals surface area contributed by atoms with Crippen LogP contribution in [0, 0.1) is 0 Å². The monoisotopic (exact) mass is 208 g/mol. The molecule has 0 aliphatic carbocycles. The van der Waals surface area contributed by atoms with Crippen molar-refractivity contribution in [1.82, 2.24) is 10.2 Å². The molecule has 0 unspecified atom stereocenters. The highest BCUT2D eigenvalue weighted by Gasteiger charge is 2.18. The van der Waals surface area contributed by atoms with E-state index in [9.17, 15) is 4.79 Å². The first kappa shape index (κ1) is 5.95. The Morgan fingerprint density at radius 2 is 2.29 bits per heavy atom. The van der Waals surface area contributed by atoms with Crippen LogP contribution in [0.25, 0.3) is 0 Å². The molecule has 0 radical (unpaired) electrons. The van der Waals surface area contributed by atoms with Crippen LogP contribution in [0.2, 0.25) is 0 Å². The predicted molar refractivity (Wildman–Crippen MR) is 57.4 cm³/mol. The van der Waals surface area contributed by atoms with Crippen molar-refractivity contribution in [2.75, 3.05) is 27.0 Å². The average molecular weight is 208 g/mol. The van der Waals surface area contributed by atoms with Crippen LogP contribution < -0.4 is 5.32 Å². The molecule has 0 atom stereocenters. The van der Waals surface area contributed by atoms with Crippen LogP contribution in [0.5, 0.6) is 0 Å². The Morgan fingerprint density at radius 1 is 1.57 bits per heavy atom. The van der Waals surface area contributed by atoms with Crippen LogP contribution in [0.4, 0.5) is 4.79 Å². The van der Waals surface area contributed by atoms with Crippen LogP contribution >= 0.6 is 0 Å². The molecular weight excluding hydrogens is 180 g/mol. The van der Waals surface area contributed by atoms with Gasteiger partial charge in [-0.25, -0.2) is 4.79 Å². The normalized spacial score (nSPS) is 19.4. The number of hydrogen-bond donors (Lipinski definition) is 1. The van der Waals surface area contributed by atoms with Crippen molar-refractivity contribution in [3.63, 3.8) is 0 Å². The molecule has 0 bridgehead atoms. The van der Waals surface area contributed by atoms with Gasteiger partial charge in [-0.2, -0.15) is 0 Å². The van der Waals surface area contributed by atoms with Gasteiger partial charge >= 0.3 is 6.09 Å². The summed E-state index contributed by atoms with van der Waals surface area (Å²) in [7, 11) is 0. The van der Waals surface area contributed by atoms with Crippen molar-refractivity contribution >= 4 is 6.09 Å². The first-order chi connectivity index (χ1) is 8.72. The van der Waals surface area contributed by atoms with Crippen LogP contribution in [0.15, 0.2) is 0 Å². The standard InChI is InChI=1S/C10H22N2O2/c1-10(2,3)14-9(13)12(5)8-6-7-11-4/h11H,6-8H2,1-5H3/i4D3,5D3. The fourth-order valence-corrected chi connectivity index (χ4v) is 0.734. The number of carbonyl (C=O) groups excluding carboxylic acids is 1. The summed E-state index contributed by atoms with van der Waals surface area (Å²) in [6.07, 6.45) is -0.748. The third-order valence-corrected chi connectivity index (χ3v) is 1.30. The number of nitrogens with one attached hydrogen (secondary N) is 1. The molecule has 0 spiro atoms. The van der Waals surface area contributed by atoms with Gasteiger partial charge < -0.3 is 15.0 Å². The number of hydrogen-bond acceptors (Lipinski definition) is 3. The lowest BCUT2D eigenvalue weighted by Crippen LogP contribution is -2.35. The number of amides is 1. The van der Waals surface area contributed by atoms with Crippen molar-refractivity contribution in [3.05, 3.63) is 0 Å². The zero-order valence-electron chi connectivity index (χ0n) is 14.9. The molecule has 1 amide bonds. The molecule has 0 heterocycles. The lowest BCUT2D eigenvalue weighted by Gasteiger charge is -2.24. The molecule has 1 N–H and O–H groups in total. The first-order valence-electron chi connectivity index (χ1n) is 7.48. The number of carbonyl (C=O) groups is 1. The van der Waals surface area contributed by atoms with E-state index in [-0.39, 0.29) is 19.5 Å². The minimum atomic E-state index is -2.62. The minimum absolute atomic E-state index is 0.0753. The summed E-state index contributed by atoms with van der Waals surface area (Å²) in [5, 5.41) is 2.25. The topological polar surface area (TPSA) is 41.6 Å². The molecule has 84 valence electrons. The third-order valence-electron chi connectivity index (χ3n) is 1.30. The molecule has 0 saturated heterocycles. The van der Waals surface area contributed by atoms with Crippen molar-refractivity contribution in [1.29, 1.82) is 0 Å². The van der Waals surface area contributed by atoms with Gasteiger partial charge in [0.15, 0.2) is 0 Å². The summed E-state index contributed by atoms with van der Waals surface area (Å²) in [6.45, 7) is -0.0320. The fraction of sp³-hybridized carbons (Fsp3) is 0.900. The Morgan fingerprint density at radius 3 is 2.79 bits per heavy atom. The molecule has 0 aliphatic heterocycles. The van der Waals surface area contributed by atoms with E-state index in [0.717, 1.165) is 0 Å². The molecular formula is C10H22N2O2. The highest BCUT2D eigenvalue weighted by atomic mass is 16.6. The van der Waals surface area contributed by atoms with Crippen molar-refractivity contribution in [2.45, 2.75) is 32.8 Å². The van der Waals surface area contributed by atoms with Gasteiger partial charge in [0.25, 0.3) is 0 Å². The van der Waals surface area contributed by atoms with Crippen molar-refractivity contribution in [3.8, 4) is 0 Å². The molecule has 14 heavy (non-hydrogen) atoms. The predicted octanol–water partition coefficient (Wildman–Crippen LogP) is 1.46. The van der Waals surface area contributed by atoms with Crippen LogP contribution in [0.1, 0.15) is 35.4 Å². The lowest BCUT2D eigenvalue weighted by atomic mass is 10.2. The zero-order chi connectivity index (χ0) is 16.2. The second-order valence-corrected chi connectivity index (χ2v) is 3.91. The summed E-state index contributed by atoms with van der Waals surface area (Å²) in [5.74, 6) is 0. The van der Waals surface area contributed by atoms with E-state index in [4.69, 9.17) is 13.0 Å². The van der Waals surface area contributed by atoms with Crippen LogP contribution in [0.3, 0.4) is 0 Å². The average Bonchev–Trinajstić information content (AvgIpc) is 2.09. The van der Waals surface area contributed by atoms with E-state index in [1.165, 1.54) is 0 Å². The molecule has 0 aromatic heterocycles. The first-order valence-corrected chi connectivity index (χ1v) is 4.48. The molecule has 0 saturated carbocycles. The second kappa shape index (κ2) is 5.86. The molecule has 0 rings (SSSR count). The smallest absolute Gasteiger partial charge is 0.410 e. The van der Waals surface area contributed by atoms with Crippen molar-refractivity contribution in [2.24, 2.45) is 0 Å². The van der Waals surface area contributed by atoms with Crippen molar-refractivity contribution < 1.29 is 17.8 Å². The maximum absolute atomic E-state index is 11.8. The Kier molecular flexibility index (Phi) is 2.49. The minimum Gasteiger partial charge on any atom is -0.444 e. The van der Waals surface area contributed by atoms with Gasteiger partial charge in [0.2, 0.25) is 0 Å². The van der Waals surface area contributed by atoms with E-state index < -0.39 is 25.6 Å². The SMILES string of the molecule is [2H]C([2H])([2H])NCCCN(C(=O)OC(C)(C)C)C([2H])([2H])[2H]. The highest BCUT2D eigenvalue weighted by Crippen LogP contribution is 2.08. The summed E-state index contributed by atoms with van der Waals surface area (Å²) < 4.78 is 47.8. The summed E-state index contributed by atoms with van der Waals surface area (Å²) >= 11 is 0. The van der Waals surface area contributed by atoms with E-state index >= 15 is 0 Å². The Hall–Kier alpha value is -0.770. The Labute approximate surface area is 95.0 Å². The quantitative estimate of drug-likeness (QED) is 0.711. The second-order valence-electron chi connectivity index (χ2n) is 3.91. The Bertz CT molecular complexity index is 321. The van der Waals surface area contributed by atoms with E-state index in [1.54, 1.807) is 20.8 Å². The molecule has 0 fully saturated rings. The number of nitrogens with zero attached hydrogens (tertiary/aromatic N) is 1. The summed E-state index contributed by atoms with van der Waals surface area (Å²) in [6, 6.07) is 0. The molecule has 4 nitrogen and oxygen atoms in total. The molecule has 0 aromatic carbocycles. The fourth-order valence-electron chi connectivity index (χ4n) is 0.734. The van der Waals surface area contributed by atoms with Gasteiger partial charge in [0.05, 0.1) is 0 Å². The maximum atomic E-state index is 11.8. The van der Waals surface area contributed by atoms with Gasteiger partial charge in [-0.1, -0.05) is 0 Å². The number of rotatable bonds is 4. The number of ether oxygens (including phenoxy) is 1. The Balaban J connectivity index is 4.49. The van der Waals surface area contributed by atoms with Gasteiger partial charge in [-0.05, 0) is 40.7 Å². The van der Waals surface area contributed by atoms with Gasteiger partial charge in [-0.3, -0.25) is 0 Å². The zero-order valence-corrected chi connectivity index (χ0v) is 8.89. The van der Waals surface area contributed by atoms with E-state index in [0.29, 0.717) is 4.90 Å². The largest absolute Gasteiger partial charge is 0.444 e.